The summed E-state index contributed by atoms with van der Waals surface area (Å²) in [5.74, 6) is 0.471. The Kier molecular flexibility index (Phi) is 2.62. The summed E-state index contributed by atoms with van der Waals surface area (Å²) < 4.78 is 5.42. The quantitative estimate of drug-likeness (QED) is 0.744. The first-order valence-corrected chi connectivity index (χ1v) is 4.67. The van der Waals surface area contributed by atoms with Crippen LogP contribution >= 0.6 is 0 Å². The van der Waals surface area contributed by atoms with Crippen molar-refractivity contribution in [3.05, 3.63) is 35.9 Å². The van der Waals surface area contributed by atoms with E-state index in [0.29, 0.717) is 5.92 Å². The summed E-state index contributed by atoms with van der Waals surface area (Å²) in [5.41, 5.74) is 1.32. The Balaban J connectivity index is 2.04. The van der Waals surface area contributed by atoms with Crippen molar-refractivity contribution < 1.29 is 9.84 Å². The van der Waals surface area contributed by atoms with Gasteiger partial charge in [0.2, 0.25) is 0 Å². The van der Waals surface area contributed by atoms with Gasteiger partial charge in [-0.1, -0.05) is 30.3 Å². The third-order valence-corrected chi connectivity index (χ3v) is 2.56. The van der Waals surface area contributed by atoms with Gasteiger partial charge in [0, 0.05) is 5.92 Å². The van der Waals surface area contributed by atoms with E-state index in [0.717, 1.165) is 13.0 Å². The SMILES string of the molecule is OC[C@H]1C[C@@H](c2ccccc2)CO1. The van der Waals surface area contributed by atoms with Gasteiger partial charge in [-0.25, -0.2) is 0 Å². The third-order valence-electron chi connectivity index (χ3n) is 2.56. The molecule has 2 atom stereocenters. The summed E-state index contributed by atoms with van der Waals surface area (Å²) in [6.07, 6.45) is 0.991. The van der Waals surface area contributed by atoms with Crippen LogP contribution in [0, 0.1) is 0 Å². The van der Waals surface area contributed by atoms with Gasteiger partial charge in [-0.2, -0.15) is 0 Å². The maximum absolute atomic E-state index is 8.91. The largest absolute Gasteiger partial charge is 0.394 e. The van der Waals surface area contributed by atoms with Crippen molar-refractivity contribution in [2.75, 3.05) is 13.2 Å². The van der Waals surface area contributed by atoms with E-state index in [1.54, 1.807) is 0 Å². The second kappa shape index (κ2) is 3.90. The number of ether oxygens (including phenoxy) is 1. The molecule has 1 aliphatic heterocycles. The highest BCUT2D eigenvalue weighted by Crippen LogP contribution is 2.28. The number of rotatable bonds is 2. The molecule has 0 unspecified atom stereocenters. The smallest absolute Gasteiger partial charge is 0.0812 e. The highest BCUT2D eigenvalue weighted by atomic mass is 16.5. The predicted octanol–water partition coefficient (Wildman–Crippen LogP) is 1.55. The van der Waals surface area contributed by atoms with Gasteiger partial charge in [0.25, 0.3) is 0 Å². The Hall–Kier alpha value is -0.860. The van der Waals surface area contributed by atoms with Gasteiger partial charge in [-0.3, -0.25) is 0 Å². The van der Waals surface area contributed by atoms with Crippen molar-refractivity contribution in [3.63, 3.8) is 0 Å². The van der Waals surface area contributed by atoms with Crippen LogP contribution in [0.1, 0.15) is 17.9 Å². The highest BCUT2D eigenvalue weighted by molar-refractivity contribution is 5.20. The monoisotopic (exact) mass is 178 g/mol. The number of hydrogen-bond donors (Lipinski definition) is 1. The second-order valence-electron chi connectivity index (χ2n) is 3.48. The Labute approximate surface area is 78.2 Å². The molecule has 1 heterocycles. The van der Waals surface area contributed by atoms with Crippen LogP contribution in [0.25, 0.3) is 0 Å². The number of benzene rings is 1. The summed E-state index contributed by atoms with van der Waals surface area (Å²) in [5, 5.41) is 8.91. The second-order valence-corrected chi connectivity index (χ2v) is 3.48. The summed E-state index contributed by atoms with van der Waals surface area (Å²) in [7, 11) is 0. The predicted molar refractivity (Wildman–Crippen MR) is 50.6 cm³/mol. The minimum atomic E-state index is 0.0465. The molecule has 0 spiro atoms. The lowest BCUT2D eigenvalue weighted by Gasteiger charge is -2.06. The van der Waals surface area contributed by atoms with Gasteiger partial charge in [0.15, 0.2) is 0 Å². The van der Waals surface area contributed by atoms with Crippen molar-refractivity contribution in [2.45, 2.75) is 18.4 Å². The summed E-state index contributed by atoms with van der Waals surface area (Å²) in [4.78, 5) is 0. The lowest BCUT2D eigenvalue weighted by molar-refractivity contribution is 0.0585. The van der Waals surface area contributed by atoms with Crippen LogP contribution in [-0.2, 0) is 4.74 Å². The van der Waals surface area contributed by atoms with Gasteiger partial charge < -0.3 is 9.84 Å². The van der Waals surface area contributed by atoms with E-state index in [2.05, 4.69) is 12.1 Å². The van der Waals surface area contributed by atoms with Gasteiger partial charge in [0.1, 0.15) is 0 Å². The van der Waals surface area contributed by atoms with E-state index < -0.39 is 0 Å². The first-order valence-electron chi connectivity index (χ1n) is 4.67. The van der Waals surface area contributed by atoms with E-state index in [1.807, 2.05) is 18.2 Å². The van der Waals surface area contributed by atoms with Gasteiger partial charge in [-0.05, 0) is 12.0 Å². The van der Waals surface area contributed by atoms with E-state index >= 15 is 0 Å². The Morgan fingerprint density at radius 3 is 2.69 bits per heavy atom. The fourth-order valence-corrected chi connectivity index (χ4v) is 1.79. The summed E-state index contributed by atoms with van der Waals surface area (Å²) in [6, 6.07) is 10.3. The van der Waals surface area contributed by atoms with E-state index in [1.165, 1.54) is 5.56 Å². The van der Waals surface area contributed by atoms with Crippen LogP contribution in [0.3, 0.4) is 0 Å². The highest BCUT2D eigenvalue weighted by Gasteiger charge is 2.25. The number of aliphatic hydroxyl groups excluding tert-OH is 1. The fraction of sp³-hybridized carbons (Fsp3) is 0.455. The fourth-order valence-electron chi connectivity index (χ4n) is 1.79. The van der Waals surface area contributed by atoms with Crippen LogP contribution in [0.4, 0.5) is 0 Å². The van der Waals surface area contributed by atoms with Crippen LogP contribution in [0.2, 0.25) is 0 Å². The molecule has 0 amide bonds. The first-order chi connectivity index (χ1) is 6.40. The lowest BCUT2D eigenvalue weighted by atomic mass is 9.97. The van der Waals surface area contributed by atoms with Crippen LogP contribution < -0.4 is 0 Å². The molecule has 13 heavy (non-hydrogen) atoms. The number of aliphatic hydroxyl groups is 1. The van der Waals surface area contributed by atoms with Crippen molar-refractivity contribution in [1.82, 2.24) is 0 Å². The molecule has 1 fully saturated rings. The van der Waals surface area contributed by atoms with Crippen molar-refractivity contribution in [2.24, 2.45) is 0 Å². The molecule has 2 rings (SSSR count). The maximum atomic E-state index is 8.91. The lowest BCUT2D eigenvalue weighted by Crippen LogP contribution is -2.09. The summed E-state index contributed by atoms with van der Waals surface area (Å²) in [6.45, 7) is 0.887. The zero-order valence-corrected chi connectivity index (χ0v) is 7.52. The zero-order chi connectivity index (χ0) is 9.10. The summed E-state index contributed by atoms with van der Waals surface area (Å²) >= 11 is 0. The molecular weight excluding hydrogens is 164 g/mol. The zero-order valence-electron chi connectivity index (χ0n) is 7.52. The molecule has 1 N–H and O–H groups in total. The van der Waals surface area contributed by atoms with Gasteiger partial charge >= 0.3 is 0 Å². The molecule has 0 radical (unpaired) electrons. The molecule has 0 aliphatic carbocycles. The first kappa shape index (κ1) is 8.73. The molecule has 0 aromatic heterocycles. The molecule has 0 saturated carbocycles. The molecule has 1 saturated heterocycles. The van der Waals surface area contributed by atoms with Crippen molar-refractivity contribution in [1.29, 1.82) is 0 Å². The van der Waals surface area contributed by atoms with Crippen LogP contribution in [0.5, 0.6) is 0 Å². The third kappa shape index (κ3) is 1.90. The molecule has 70 valence electrons. The molecule has 1 aromatic rings. The van der Waals surface area contributed by atoms with E-state index in [9.17, 15) is 0 Å². The average Bonchev–Trinajstić information content (AvgIpc) is 2.67. The Bertz CT molecular complexity index is 258. The normalized spacial score (nSPS) is 27.8. The molecule has 1 aliphatic rings. The molecular formula is C11H14O2. The van der Waals surface area contributed by atoms with E-state index in [4.69, 9.17) is 9.84 Å². The standard InChI is InChI=1S/C11H14O2/c12-7-11-6-10(8-13-11)9-4-2-1-3-5-9/h1-5,10-12H,6-8H2/t10-,11-/m1/s1. The molecule has 2 nitrogen and oxygen atoms in total. The molecule has 1 aromatic carbocycles. The topological polar surface area (TPSA) is 29.5 Å². The number of hydrogen-bond acceptors (Lipinski definition) is 2. The van der Waals surface area contributed by atoms with Gasteiger partial charge in [-0.15, -0.1) is 0 Å². The molecule has 0 bridgehead atoms. The Morgan fingerprint density at radius 2 is 2.08 bits per heavy atom. The molecule has 2 heteroatoms. The van der Waals surface area contributed by atoms with Crippen LogP contribution in [0.15, 0.2) is 30.3 Å². The minimum Gasteiger partial charge on any atom is -0.394 e. The van der Waals surface area contributed by atoms with E-state index in [-0.39, 0.29) is 12.7 Å². The van der Waals surface area contributed by atoms with Crippen molar-refractivity contribution in [3.8, 4) is 0 Å². The maximum Gasteiger partial charge on any atom is 0.0812 e. The average molecular weight is 178 g/mol. The van der Waals surface area contributed by atoms with Crippen molar-refractivity contribution >= 4 is 0 Å². The Morgan fingerprint density at radius 1 is 1.31 bits per heavy atom. The minimum absolute atomic E-state index is 0.0465. The van der Waals surface area contributed by atoms with Gasteiger partial charge in [0.05, 0.1) is 19.3 Å². The van der Waals surface area contributed by atoms with Crippen LogP contribution in [-0.4, -0.2) is 24.4 Å².